The number of allylic oxidation sites excluding steroid dienone is 1. The number of hydrogen-bond donors (Lipinski definition) is 0. The van der Waals surface area contributed by atoms with Gasteiger partial charge in [-0.05, 0) is 30.2 Å². The second-order valence-corrected chi connectivity index (χ2v) is 5.86. The van der Waals surface area contributed by atoms with Crippen molar-refractivity contribution < 1.29 is 4.79 Å². The Labute approximate surface area is 113 Å². The van der Waals surface area contributed by atoms with Crippen LogP contribution in [-0.2, 0) is 4.79 Å². The van der Waals surface area contributed by atoms with Crippen LogP contribution in [-0.4, -0.2) is 10.9 Å². The van der Waals surface area contributed by atoms with Gasteiger partial charge in [0.1, 0.15) is 0 Å². The summed E-state index contributed by atoms with van der Waals surface area (Å²) in [4.78, 5) is 10.7. The van der Waals surface area contributed by atoms with Crippen molar-refractivity contribution in [3.8, 4) is 0 Å². The van der Waals surface area contributed by atoms with E-state index >= 15 is 0 Å². The first-order valence-corrected chi connectivity index (χ1v) is 6.99. The minimum Gasteiger partial charge on any atom is -0.288 e. The quantitative estimate of drug-likeness (QED) is 0.743. The third-order valence-electron chi connectivity index (χ3n) is 1.79. The van der Waals surface area contributed by atoms with Crippen molar-refractivity contribution >= 4 is 50.5 Å². The summed E-state index contributed by atoms with van der Waals surface area (Å²) in [5.74, 6) is 0.827. The molecule has 0 aliphatic carbocycles. The van der Waals surface area contributed by atoms with Crippen LogP contribution in [0.3, 0.4) is 0 Å². The molecule has 0 aromatic heterocycles. The standard InChI is InChI=1S/C12H12BrClOS/c1-9(15)16-5-3-2-4-10-6-11(13)8-12(14)7-10/h2,4,6-8H,3,5H2,1H3. The molecule has 16 heavy (non-hydrogen) atoms. The second-order valence-electron chi connectivity index (χ2n) is 3.23. The van der Waals surface area contributed by atoms with Gasteiger partial charge in [-0.1, -0.05) is 51.4 Å². The van der Waals surface area contributed by atoms with Gasteiger partial charge in [-0.15, -0.1) is 0 Å². The average Bonchev–Trinajstić information content (AvgIpc) is 2.15. The molecule has 0 amide bonds. The number of carbonyl (C=O) groups excluding carboxylic acids is 1. The van der Waals surface area contributed by atoms with E-state index in [4.69, 9.17) is 11.6 Å². The van der Waals surface area contributed by atoms with Crippen molar-refractivity contribution in [2.75, 3.05) is 5.75 Å². The average molecular weight is 320 g/mol. The van der Waals surface area contributed by atoms with Crippen molar-refractivity contribution in [1.29, 1.82) is 0 Å². The molecular formula is C12H12BrClOS. The molecule has 0 unspecified atom stereocenters. The smallest absolute Gasteiger partial charge is 0.185 e. The Morgan fingerprint density at radius 2 is 2.25 bits per heavy atom. The van der Waals surface area contributed by atoms with Gasteiger partial charge in [-0.25, -0.2) is 0 Å². The Balaban J connectivity index is 2.46. The van der Waals surface area contributed by atoms with Gasteiger partial charge in [-0.2, -0.15) is 0 Å². The van der Waals surface area contributed by atoms with Crippen LogP contribution in [0.2, 0.25) is 5.02 Å². The van der Waals surface area contributed by atoms with Gasteiger partial charge in [0.25, 0.3) is 0 Å². The minimum atomic E-state index is 0.166. The molecule has 0 aliphatic rings. The van der Waals surface area contributed by atoms with Gasteiger partial charge < -0.3 is 0 Å². The van der Waals surface area contributed by atoms with Gasteiger partial charge in [0.2, 0.25) is 0 Å². The number of carbonyl (C=O) groups is 1. The van der Waals surface area contributed by atoms with E-state index < -0.39 is 0 Å². The summed E-state index contributed by atoms with van der Waals surface area (Å²) in [6.45, 7) is 1.59. The Hall–Kier alpha value is -0.250. The Morgan fingerprint density at radius 3 is 2.88 bits per heavy atom. The normalized spacial score (nSPS) is 10.9. The summed E-state index contributed by atoms with van der Waals surface area (Å²) >= 11 is 10.7. The maximum absolute atomic E-state index is 10.7. The lowest BCUT2D eigenvalue weighted by atomic mass is 10.2. The van der Waals surface area contributed by atoms with Gasteiger partial charge in [-0.3, -0.25) is 4.79 Å². The molecule has 0 atom stereocenters. The van der Waals surface area contributed by atoms with Crippen LogP contribution in [0, 0.1) is 0 Å². The first kappa shape index (κ1) is 13.8. The summed E-state index contributed by atoms with van der Waals surface area (Å²) in [7, 11) is 0. The third-order valence-corrected chi connectivity index (χ3v) is 3.31. The number of hydrogen-bond acceptors (Lipinski definition) is 2. The van der Waals surface area contributed by atoms with Gasteiger partial charge in [0, 0.05) is 22.2 Å². The van der Waals surface area contributed by atoms with Crippen molar-refractivity contribution in [2.24, 2.45) is 0 Å². The number of rotatable bonds is 4. The van der Waals surface area contributed by atoms with Crippen LogP contribution >= 0.6 is 39.3 Å². The second kappa shape index (κ2) is 7.15. The fourth-order valence-electron chi connectivity index (χ4n) is 1.16. The molecule has 0 fully saturated rings. The number of benzene rings is 1. The zero-order valence-corrected chi connectivity index (χ0v) is 12.0. The molecule has 0 saturated carbocycles. The van der Waals surface area contributed by atoms with E-state index in [1.54, 1.807) is 6.92 Å². The van der Waals surface area contributed by atoms with Crippen molar-refractivity contribution in [3.05, 3.63) is 39.3 Å². The topological polar surface area (TPSA) is 17.1 Å². The maximum Gasteiger partial charge on any atom is 0.185 e. The summed E-state index contributed by atoms with van der Waals surface area (Å²) in [5, 5.41) is 0.881. The summed E-state index contributed by atoms with van der Waals surface area (Å²) in [6, 6.07) is 5.76. The fraction of sp³-hybridized carbons (Fsp3) is 0.250. The van der Waals surface area contributed by atoms with Crippen LogP contribution in [0.4, 0.5) is 0 Å². The monoisotopic (exact) mass is 318 g/mol. The molecule has 0 bridgehead atoms. The highest BCUT2D eigenvalue weighted by molar-refractivity contribution is 9.10. The van der Waals surface area contributed by atoms with Crippen LogP contribution in [0.15, 0.2) is 28.7 Å². The molecule has 0 radical (unpaired) electrons. The predicted molar refractivity (Wildman–Crippen MR) is 75.9 cm³/mol. The summed E-state index contributed by atoms with van der Waals surface area (Å²) < 4.78 is 0.970. The van der Waals surface area contributed by atoms with Gasteiger partial charge in [0.15, 0.2) is 5.12 Å². The minimum absolute atomic E-state index is 0.166. The third kappa shape index (κ3) is 5.73. The van der Waals surface area contributed by atoms with E-state index in [1.165, 1.54) is 11.8 Å². The Kier molecular flexibility index (Phi) is 6.17. The summed E-state index contributed by atoms with van der Waals surface area (Å²) in [6.07, 6.45) is 4.94. The lowest BCUT2D eigenvalue weighted by Crippen LogP contribution is -1.83. The molecule has 1 aromatic carbocycles. The van der Waals surface area contributed by atoms with E-state index in [-0.39, 0.29) is 5.12 Å². The molecule has 86 valence electrons. The molecule has 0 aliphatic heterocycles. The van der Waals surface area contributed by atoms with E-state index in [2.05, 4.69) is 15.9 Å². The van der Waals surface area contributed by atoms with Crippen LogP contribution in [0.1, 0.15) is 18.9 Å². The Morgan fingerprint density at radius 1 is 1.50 bits per heavy atom. The van der Waals surface area contributed by atoms with Gasteiger partial charge >= 0.3 is 0 Å². The van der Waals surface area contributed by atoms with E-state index in [1.807, 2.05) is 30.4 Å². The van der Waals surface area contributed by atoms with E-state index in [0.29, 0.717) is 5.02 Å². The SMILES string of the molecule is CC(=O)SCCC=Cc1cc(Cl)cc(Br)c1. The first-order valence-electron chi connectivity index (χ1n) is 4.84. The molecule has 0 spiro atoms. The van der Waals surface area contributed by atoms with Crippen LogP contribution in [0.25, 0.3) is 6.08 Å². The molecule has 0 saturated heterocycles. The van der Waals surface area contributed by atoms with E-state index in [0.717, 1.165) is 22.2 Å². The lowest BCUT2D eigenvalue weighted by molar-refractivity contribution is -0.109. The number of thioether (sulfide) groups is 1. The Bertz CT molecular complexity index is 384. The van der Waals surface area contributed by atoms with E-state index in [9.17, 15) is 4.79 Å². The molecule has 1 aromatic rings. The number of halogens is 2. The zero-order chi connectivity index (χ0) is 12.0. The van der Waals surface area contributed by atoms with Crippen LogP contribution < -0.4 is 0 Å². The fourth-order valence-corrected chi connectivity index (χ4v) is 2.59. The summed E-state index contributed by atoms with van der Waals surface area (Å²) in [5.41, 5.74) is 1.06. The molecule has 4 heteroatoms. The van der Waals surface area contributed by atoms with Crippen molar-refractivity contribution in [2.45, 2.75) is 13.3 Å². The molecule has 1 rings (SSSR count). The van der Waals surface area contributed by atoms with Crippen molar-refractivity contribution in [3.63, 3.8) is 0 Å². The first-order chi connectivity index (χ1) is 7.58. The molecule has 0 N–H and O–H groups in total. The van der Waals surface area contributed by atoms with Crippen LogP contribution in [0.5, 0.6) is 0 Å². The molecular weight excluding hydrogens is 308 g/mol. The lowest BCUT2D eigenvalue weighted by Gasteiger charge is -1.97. The zero-order valence-electron chi connectivity index (χ0n) is 8.87. The highest BCUT2D eigenvalue weighted by Gasteiger charge is 1.95. The van der Waals surface area contributed by atoms with Crippen molar-refractivity contribution in [1.82, 2.24) is 0 Å². The highest BCUT2D eigenvalue weighted by Crippen LogP contribution is 2.20. The largest absolute Gasteiger partial charge is 0.288 e. The molecule has 1 nitrogen and oxygen atoms in total. The predicted octanol–water partition coefficient (Wildman–Crippen LogP) is 4.79. The van der Waals surface area contributed by atoms with Gasteiger partial charge in [0.05, 0.1) is 0 Å². The maximum atomic E-state index is 10.7. The highest BCUT2D eigenvalue weighted by atomic mass is 79.9. The molecule has 0 heterocycles.